The molecule has 0 nitrogen and oxygen atoms in total. The van der Waals surface area contributed by atoms with E-state index >= 15 is 0 Å². The molecule has 2 unspecified atom stereocenters. The number of fused-ring (bicyclic) bond motifs is 2. The number of aryl methyl sites for hydroxylation is 4. The molecule has 0 aromatic heterocycles. The Balaban J connectivity index is 0.00000136. The van der Waals surface area contributed by atoms with E-state index in [-0.39, 0.29) is 24.8 Å². The molecule has 2 aromatic rings. The molecule has 0 spiro atoms. The van der Waals surface area contributed by atoms with Crippen LogP contribution in [0.25, 0.3) is 12.2 Å². The Morgan fingerprint density at radius 2 is 0.968 bits per heavy atom. The van der Waals surface area contributed by atoms with Gasteiger partial charge in [0.1, 0.15) is 0 Å². The van der Waals surface area contributed by atoms with Crippen molar-refractivity contribution >= 4 is 12.2 Å². The summed E-state index contributed by atoms with van der Waals surface area (Å²) in [6.07, 6.45) is 15.0. The average molecular weight is 620 g/mol. The summed E-state index contributed by atoms with van der Waals surface area (Å²) in [7, 11) is 0. The number of hydrogen-bond acceptors (Lipinski definition) is 0. The minimum absolute atomic E-state index is 0. The number of halogens is 2. The van der Waals surface area contributed by atoms with Gasteiger partial charge in [0.15, 0.2) is 0 Å². The van der Waals surface area contributed by atoms with Crippen molar-refractivity contribution in [1.29, 1.82) is 0 Å². The molecule has 164 valence electrons. The van der Waals surface area contributed by atoms with Gasteiger partial charge in [-0.3, -0.25) is 0 Å². The molecule has 3 heteroatoms. The van der Waals surface area contributed by atoms with Crippen molar-refractivity contribution < 1.29 is 44.8 Å². The zero-order chi connectivity index (χ0) is 20.2. The summed E-state index contributed by atoms with van der Waals surface area (Å²) in [5, 5.41) is 0. The third kappa shape index (κ3) is 3.77. The fourth-order valence-electron chi connectivity index (χ4n) is 6.31. The molecule has 0 N–H and O–H groups in total. The topological polar surface area (TPSA) is 0 Å². The maximum absolute atomic E-state index is 2.67. The van der Waals surface area contributed by atoms with Crippen LogP contribution in [0, 0.1) is 0 Å². The maximum atomic E-state index is 2.67. The fraction of sp³-hybridized carbons (Fsp3) is 0.429. The first-order valence-electron chi connectivity index (χ1n) is 11.8. The van der Waals surface area contributed by atoms with Gasteiger partial charge in [-0.15, -0.1) is 0 Å². The van der Waals surface area contributed by atoms with Gasteiger partial charge in [0, 0.05) is 0 Å². The standard InChI is InChI=1S/2C13H15.C2H4.2ClH.Hf/c2*1-3-10-8-9-11(4-2)13-7-5-6-12(10)13;1-2;;;/h2*5-9H,3-4H2,1-2H3;1-2H2;2*1H;/q;;;;;+2/p-2. The zero-order valence-corrected chi connectivity index (χ0v) is 24.4. The number of benzene rings is 2. The summed E-state index contributed by atoms with van der Waals surface area (Å²) in [6, 6.07) is 9.70. The van der Waals surface area contributed by atoms with Crippen LogP contribution in [0.5, 0.6) is 0 Å². The Hall–Kier alpha value is -0.630. The van der Waals surface area contributed by atoms with E-state index in [4.69, 9.17) is 0 Å². The van der Waals surface area contributed by atoms with E-state index < -0.39 is 20.0 Å². The molecule has 31 heavy (non-hydrogen) atoms. The van der Waals surface area contributed by atoms with Crippen molar-refractivity contribution in [1.82, 2.24) is 0 Å². The third-order valence-electron chi connectivity index (χ3n) is 8.06. The van der Waals surface area contributed by atoms with Gasteiger partial charge < -0.3 is 24.8 Å². The fourth-order valence-corrected chi connectivity index (χ4v) is 31.7. The zero-order valence-electron chi connectivity index (χ0n) is 19.3. The van der Waals surface area contributed by atoms with Crippen LogP contribution in [0.4, 0.5) is 0 Å². The minimum Gasteiger partial charge on any atom is -1.00 e. The smallest absolute Gasteiger partial charge is 1.00 e. The Bertz CT molecular complexity index is 950. The van der Waals surface area contributed by atoms with Crippen molar-refractivity contribution in [2.24, 2.45) is 0 Å². The predicted octanol–water partition coefficient (Wildman–Crippen LogP) is 1.78. The SMILES string of the molecule is CCc1ccc(CC)c2c1C=C[CH]2[Hf+2]1([CH]2C=Cc3c(CC)ccc(CC)c32)[CH2][CH2]1.[Cl-].[Cl-]. The molecular weight excluding hydrogens is 586 g/mol. The number of rotatable bonds is 6. The first-order valence-corrected chi connectivity index (χ1v) is 21.1. The second-order valence-corrected chi connectivity index (χ2v) is 26.2. The Kier molecular flexibility index (Phi) is 7.82. The molecule has 1 heterocycles. The Morgan fingerprint density at radius 1 is 0.613 bits per heavy atom. The summed E-state index contributed by atoms with van der Waals surface area (Å²) in [6.45, 7) is 9.33. The van der Waals surface area contributed by atoms with Gasteiger partial charge in [-0.05, 0) is 0 Å². The average Bonchev–Trinajstić information content (AvgIpc) is 3.22. The van der Waals surface area contributed by atoms with Crippen LogP contribution in [0.2, 0.25) is 8.35 Å². The quantitative estimate of drug-likeness (QED) is 0.433. The first kappa shape index (κ1) is 25.0. The number of hydrogen-bond donors (Lipinski definition) is 0. The van der Waals surface area contributed by atoms with Crippen LogP contribution < -0.4 is 24.8 Å². The molecule has 1 saturated heterocycles. The summed E-state index contributed by atoms with van der Waals surface area (Å²) < 4.78 is 4.76. The van der Waals surface area contributed by atoms with Gasteiger partial charge in [0.2, 0.25) is 0 Å². The summed E-state index contributed by atoms with van der Waals surface area (Å²) in [5.41, 5.74) is 13.1. The molecule has 3 aliphatic rings. The molecule has 0 bridgehead atoms. The van der Waals surface area contributed by atoms with Crippen molar-refractivity contribution in [3.63, 3.8) is 0 Å². The van der Waals surface area contributed by atoms with Gasteiger partial charge in [-0.2, -0.15) is 0 Å². The molecule has 1 fully saturated rings. The Labute approximate surface area is 205 Å². The summed E-state index contributed by atoms with van der Waals surface area (Å²) >= 11 is -2.52. The van der Waals surface area contributed by atoms with Crippen molar-refractivity contribution in [3.05, 3.63) is 80.9 Å². The van der Waals surface area contributed by atoms with Gasteiger partial charge in [0.25, 0.3) is 0 Å². The van der Waals surface area contributed by atoms with E-state index in [2.05, 4.69) is 76.3 Å². The third-order valence-corrected chi connectivity index (χ3v) is 26.4. The molecule has 1 aliphatic heterocycles. The molecule has 0 amide bonds. The molecular formula is C28H34Cl2Hf. The molecule has 5 rings (SSSR count). The first-order chi connectivity index (χ1) is 14.2. The summed E-state index contributed by atoms with van der Waals surface area (Å²) in [4.78, 5) is 0. The minimum atomic E-state index is -2.52. The van der Waals surface area contributed by atoms with E-state index in [9.17, 15) is 0 Å². The van der Waals surface area contributed by atoms with E-state index in [0.717, 1.165) is 20.2 Å². The van der Waals surface area contributed by atoms with Crippen molar-refractivity contribution in [2.45, 2.75) is 69.1 Å². The van der Waals surface area contributed by atoms with Crippen LogP contribution in [-0.2, 0) is 45.7 Å². The van der Waals surface area contributed by atoms with Gasteiger partial charge in [0.05, 0.1) is 0 Å². The van der Waals surface area contributed by atoms with Crippen LogP contribution in [0.1, 0.15) is 79.6 Å². The van der Waals surface area contributed by atoms with Crippen LogP contribution in [0.3, 0.4) is 0 Å². The Morgan fingerprint density at radius 3 is 1.29 bits per heavy atom. The van der Waals surface area contributed by atoms with E-state index in [1.807, 2.05) is 0 Å². The second-order valence-electron chi connectivity index (χ2n) is 9.24. The van der Waals surface area contributed by atoms with Crippen LogP contribution in [0.15, 0.2) is 36.4 Å². The molecule has 0 saturated carbocycles. The van der Waals surface area contributed by atoms with Crippen molar-refractivity contribution in [3.8, 4) is 0 Å². The largest absolute Gasteiger partial charge is 1.00 e. The normalized spacial score (nSPS) is 20.3. The van der Waals surface area contributed by atoms with Gasteiger partial charge >= 0.3 is 182 Å². The second kappa shape index (κ2) is 9.70. The van der Waals surface area contributed by atoms with E-state index in [1.54, 1.807) is 52.9 Å². The molecule has 0 radical (unpaired) electrons. The predicted molar refractivity (Wildman–Crippen MR) is 124 cm³/mol. The van der Waals surface area contributed by atoms with Gasteiger partial charge in [-0.25, -0.2) is 0 Å². The molecule has 2 aliphatic carbocycles. The molecule has 2 aromatic carbocycles. The van der Waals surface area contributed by atoms with E-state index in [1.165, 1.54) is 12.8 Å². The molecule has 2 atom stereocenters. The van der Waals surface area contributed by atoms with Crippen LogP contribution in [-0.4, -0.2) is 0 Å². The van der Waals surface area contributed by atoms with Crippen LogP contribution >= 0.6 is 0 Å². The van der Waals surface area contributed by atoms with Crippen molar-refractivity contribution in [2.75, 3.05) is 0 Å². The van der Waals surface area contributed by atoms with Gasteiger partial charge in [-0.1, -0.05) is 0 Å². The maximum Gasteiger partial charge on any atom is -1.00 e. The summed E-state index contributed by atoms with van der Waals surface area (Å²) in [5.74, 6) is 0. The number of allylic oxidation sites excluding steroid dienone is 2. The monoisotopic (exact) mass is 620 g/mol. The van der Waals surface area contributed by atoms with E-state index in [0.29, 0.717) is 0 Å².